The third-order valence-corrected chi connectivity index (χ3v) is 4.02. The van der Waals surface area contributed by atoms with Gasteiger partial charge in [-0.05, 0) is 30.6 Å². The van der Waals surface area contributed by atoms with Gasteiger partial charge in [-0.1, -0.05) is 27.7 Å². The molecule has 5 heteroatoms. The molecule has 1 rings (SSSR count). The molecule has 0 saturated heterocycles. The van der Waals surface area contributed by atoms with Gasteiger partial charge in [0.05, 0.1) is 6.42 Å². The Morgan fingerprint density at radius 3 is 2.15 bits per heavy atom. The Morgan fingerprint density at radius 1 is 1.20 bits per heavy atom. The van der Waals surface area contributed by atoms with Crippen molar-refractivity contribution < 1.29 is 14.7 Å². The second kappa shape index (κ2) is 7.50. The Morgan fingerprint density at radius 2 is 1.75 bits per heavy atom. The number of nitrogens with zero attached hydrogens (tertiary/aromatic N) is 1. The lowest BCUT2D eigenvalue weighted by Crippen LogP contribution is -2.45. The van der Waals surface area contributed by atoms with E-state index in [-0.39, 0.29) is 18.5 Å². The van der Waals surface area contributed by atoms with E-state index >= 15 is 0 Å². The maximum absolute atomic E-state index is 12.2. The molecule has 5 nitrogen and oxygen atoms in total. The van der Waals surface area contributed by atoms with Gasteiger partial charge in [0.25, 0.3) is 0 Å². The summed E-state index contributed by atoms with van der Waals surface area (Å²) in [5, 5.41) is 11.7. The summed E-state index contributed by atoms with van der Waals surface area (Å²) in [6.07, 6.45) is 2.00. The number of hydrogen-bond acceptors (Lipinski definition) is 2. The maximum atomic E-state index is 12.2. The van der Waals surface area contributed by atoms with Crippen LogP contribution >= 0.6 is 0 Å². The average molecular weight is 284 g/mol. The average Bonchev–Trinajstić information content (AvgIpc) is 3.12. The van der Waals surface area contributed by atoms with Gasteiger partial charge in [-0.25, -0.2) is 4.79 Å². The third-order valence-electron chi connectivity index (χ3n) is 4.02. The smallest absolute Gasteiger partial charge is 0.317 e. The molecule has 0 bridgehead atoms. The third kappa shape index (κ3) is 5.39. The molecule has 0 aliphatic heterocycles. The van der Waals surface area contributed by atoms with Crippen LogP contribution in [0, 0.1) is 17.8 Å². The number of hydrogen-bond donors (Lipinski definition) is 2. The molecule has 0 unspecified atom stereocenters. The summed E-state index contributed by atoms with van der Waals surface area (Å²) in [5.41, 5.74) is 0. The predicted octanol–water partition coefficient (Wildman–Crippen LogP) is 2.56. The topological polar surface area (TPSA) is 69.6 Å². The zero-order chi connectivity index (χ0) is 15.3. The Hall–Kier alpha value is -1.26. The Bertz CT molecular complexity index is 330. The van der Waals surface area contributed by atoms with Crippen LogP contribution in [-0.2, 0) is 4.79 Å². The fourth-order valence-electron chi connectivity index (χ4n) is 2.60. The fourth-order valence-corrected chi connectivity index (χ4v) is 2.60. The molecule has 1 fully saturated rings. The lowest BCUT2D eigenvalue weighted by molar-refractivity contribution is -0.137. The van der Waals surface area contributed by atoms with Gasteiger partial charge in [-0.3, -0.25) is 4.79 Å². The molecule has 2 N–H and O–H groups in total. The molecule has 0 spiro atoms. The standard InChI is InChI=1S/C15H28N2O3/c1-10(2)13(11(3)4)9-16-15(20)17(12-5-6-12)8-7-14(18)19/h10-13H,5-9H2,1-4H3,(H,16,20)(H,18,19). The molecule has 0 aromatic rings. The lowest BCUT2D eigenvalue weighted by atomic mass is 9.85. The predicted molar refractivity (Wildman–Crippen MR) is 78.5 cm³/mol. The van der Waals surface area contributed by atoms with Crippen molar-refractivity contribution in [2.45, 2.75) is 53.0 Å². The van der Waals surface area contributed by atoms with Crippen molar-refractivity contribution in [1.29, 1.82) is 0 Å². The van der Waals surface area contributed by atoms with Gasteiger partial charge in [-0.2, -0.15) is 0 Å². The van der Waals surface area contributed by atoms with E-state index in [1.807, 2.05) is 0 Å². The first-order chi connectivity index (χ1) is 9.32. The van der Waals surface area contributed by atoms with E-state index in [0.29, 0.717) is 30.8 Å². The van der Waals surface area contributed by atoms with Crippen molar-refractivity contribution in [2.24, 2.45) is 17.8 Å². The summed E-state index contributed by atoms with van der Waals surface area (Å²) in [4.78, 5) is 24.6. The lowest BCUT2D eigenvalue weighted by Gasteiger charge is -2.28. The summed E-state index contributed by atoms with van der Waals surface area (Å²) in [7, 11) is 0. The summed E-state index contributed by atoms with van der Waals surface area (Å²) >= 11 is 0. The Kier molecular flexibility index (Phi) is 6.30. The number of carboxylic acid groups (broad SMARTS) is 1. The van der Waals surface area contributed by atoms with Crippen LogP contribution in [0.25, 0.3) is 0 Å². The van der Waals surface area contributed by atoms with E-state index in [4.69, 9.17) is 5.11 Å². The molecule has 1 aliphatic carbocycles. The molecule has 20 heavy (non-hydrogen) atoms. The number of aliphatic carboxylic acids is 1. The van der Waals surface area contributed by atoms with Crippen LogP contribution in [0.3, 0.4) is 0 Å². The van der Waals surface area contributed by atoms with Crippen LogP contribution in [0.5, 0.6) is 0 Å². The molecule has 2 amide bonds. The first-order valence-electron chi connectivity index (χ1n) is 7.59. The van der Waals surface area contributed by atoms with Crippen molar-refractivity contribution in [3.8, 4) is 0 Å². The minimum absolute atomic E-state index is 0.0156. The van der Waals surface area contributed by atoms with E-state index in [1.54, 1.807) is 4.90 Å². The highest BCUT2D eigenvalue weighted by molar-refractivity contribution is 5.76. The highest BCUT2D eigenvalue weighted by atomic mass is 16.4. The highest BCUT2D eigenvalue weighted by Gasteiger charge is 2.33. The van der Waals surface area contributed by atoms with Crippen molar-refractivity contribution in [3.05, 3.63) is 0 Å². The maximum Gasteiger partial charge on any atom is 0.317 e. The first kappa shape index (κ1) is 16.8. The largest absolute Gasteiger partial charge is 0.481 e. The molecular formula is C15H28N2O3. The quantitative estimate of drug-likeness (QED) is 0.719. The Balaban J connectivity index is 2.47. The number of carbonyl (C=O) groups is 2. The van der Waals surface area contributed by atoms with Gasteiger partial charge in [-0.15, -0.1) is 0 Å². The van der Waals surface area contributed by atoms with Gasteiger partial charge >= 0.3 is 12.0 Å². The molecule has 0 atom stereocenters. The van der Waals surface area contributed by atoms with Gasteiger partial charge in [0.2, 0.25) is 0 Å². The monoisotopic (exact) mass is 284 g/mol. The summed E-state index contributed by atoms with van der Waals surface area (Å²) < 4.78 is 0. The van der Waals surface area contributed by atoms with E-state index in [0.717, 1.165) is 12.8 Å². The van der Waals surface area contributed by atoms with Gasteiger partial charge in [0.15, 0.2) is 0 Å². The second-order valence-corrected chi connectivity index (χ2v) is 6.41. The minimum atomic E-state index is -0.856. The van der Waals surface area contributed by atoms with Crippen molar-refractivity contribution in [3.63, 3.8) is 0 Å². The van der Waals surface area contributed by atoms with Crippen molar-refractivity contribution in [2.75, 3.05) is 13.1 Å². The molecule has 0 heterocycles. The van der Waals surface area contributed by atoms with Crippen molar-refractivity contribution >= 4 is 12.0 Å². The van der Waals surface area contributed by atoms with Crippen molar-refractivity contribution in [1.82, 2.24) is 10.2 Å². The summed E-state index contributed by atoms with van der Waals surface area (Å²) in [6.45, 7) is 9.63. The number of urea groups is 1. The van der Waals surface area contributed by atoms with E-state index in [9.17, 15) is 9.59 Å². The number of carbonyl (C=O) groups excluding carboxylic acids is 1. The molecule has 0 aromatic carbocycles. The summed E-state index contributed by atoms with van der Waals surface area (Å²) in [5.74, 6) is 0.623. The second-order valence-electron chi connectivity index (χ2n) is 6.41. The summed E-state index contributed by atoms with van der Waals surface area (Å²) in [6, 6.07) is 0.131. The number of nitrogens with one attached hydrogen (secondary N) is 1. The zero-order valence-corrected chi connectivity index (χ0v) is 13.1. The zero-order valence-electron chi connectivity index (χ0n) is 13.1. The highest BCUT2D eigenvalue weighted by Crippen LogP contribution is 2.27. The van der Waals surface area contributed by atoms with E-state index in [2.05, 4.69) is 33.0 Å². The fraction of sp³-hybridized carbons (Fsp3) is 0.867. The molecule has 1 aliphatic rings. The molecular weight excluding hydrogens is 256 g/mol. The van der Waals surface area contributed by atoms with Gasteiger partial charge in [0, 0.05) is 19.1 Å². The van der Waals surface area contributed by atoms with Crippen LogP contribution in [-0.4, -0.2) is 41.1 Å². The normalized spacial score (nSPS) is 14.9. The Labute approximate surface area is 121 Å². The van der Waals surface area contributed by atoms with Crippen LogP contribution in [0.2, 0.25) is 0 Å². The van der Waals surface area contributed by atoms with Crippen LogP contribution in [0.4, 0.5) is 4.79 Å². The number of amides is 2. The molecule has 0 radical (unpaired) electrons. The molecule has 0 aromatic heterocycles. The van der Waals surface area contributed by atoms with Crippen LogP contribution in [0.15, 0.2) is 0 Å². The molecule has 1 saturated carbocycles. The van der Waals surface area contributed by atoms with Gasteiger partial charge in [0.1, 0.15) is 0 Å². The van der Waals surface area contributed by atoms with E-state index in [1.165, 1.54) is 0 Å². The van der Waals surface area contributed by atoms with Crippen LogP contribution in [0.1, 0.15) is 47.0 Å². The molecule has 116 valence electrons. The van der Waals surface area contributed by atoms with Gasteiger partial charge < -0.3 is 15.3 Å². The number of carboxylic acids is 1. The first-order valence-corrected chi connectivity index (χ1v) is 7.59. The van der Waals surface area contributed by atoms with Crippen LogP contribution < -0.4 is 5.32 Å². The minimum Gasteiger partial charge on any atom is -0.481 e. The SMILES string of the molecule is CC(C)C(CNC(=O)N(CCC(=O)O)C1CC1)C(C)C. The van der Waals surface area contributed by atoms with E-state index < -0.39 is 5.97 Å². The number of rotatable bonds is 8.